The lowest BCUT2D eigenvalue weighted by atomic mass is 10.2. The second-order valence-corrected chi connectivity index (χ2v) is 6.75. The van der Waals surface area contributed by atoms with E-state index in [4.69, 9.17) is 14.2 Å². The number of hydrogen-bond donors (Lipinski definition) is 2. The summed E-state index contributed by atoms with van der Waals surface area (Å²) < 4.78 is 15.9. The van der Waals surface area contributed by atoms with Crippen molar-refractivity contribution in [2.24, 2.45) is 0 Å². The molecule has 0 radical (unpaired) electrons. The molecule has 3 aromatic rings. The lowest BCUT2D eigenvalue weighted by Crippen LogP contribution is -2.13. The van der Waals surface area contributed by atoms with Crippen LogP contribution in [0.5, 0.6) is 17.2 Å². The van der Waals surface area contributed by atoms with E-state index < -0.39 is 0 Å². The zero-order valence-electron chi connectivity index (χ0n) is 15.6. The number of amides is 1. The number of rotatable bonds is 5. The molecule has 3 rings (SSSR count). The fourth-order valence-corrected chi connectivity index (χ4v) is 3.93. The molecule has 0 atom stereocenters. The number of hydrogen-bond acceptors (Lipinski definition) is 7. The summed E-state index contributed by atoms with van der Waals surface area (Å²) >= 11 is 1.18. The Bertz CT molecular complexity index is 1060. The van der Waals surface area contributed by atoms with Gasteiger partial charge in [-0.3, -0.25) is 9.59 Å². The Morgan fingerprint density at radius 3 is 2.30 bits per heavy atom. The van der Waals surface area contributed by atoms with Crippen molar-refractivity contribution in [1.29, 1.82) is 0 Å². The zero-order chi connectivity index (χ0) is 19.7. The first-order valence-electron chi connectivity index (χ1n) is 8.01. The van der Waals surface area contributed by atoms with E-state index >= 15 is 0 Å². The summed E-state index contributed by atoms with van der Waals surface area (Å²) in [5.74, 6) is 1.44. The third kappa shape index (κ3) is 3.33. The van der Waals surface area contributed by atoms with Gasteiger partial charge in [0.05, 0.1) is 31.6 Å². The molecule has 9 heteroatoms. The molecule has 2 aromatic heterocycles. The second-order valence-electron chi connectivity index (χ2n) is 5.76. The highest BCUT2D eigenvalue weighted by molar-refractivity contribution is 7.20. The molecule has 142 valence electrons. The quantitative estimate of drug-likeness (QED) is 0.696. The molecule has 0 saturated heterocycles. The lowest BCUT2D eigenvalue weighted by Gasteiger charge is -2.14. The van der Waals surface area contributed by atoms with E-state index in [2.05, 4.69) is 15.3 Å². The number of carbonyl (C=O) groups is 1. The summed E-state index contributed by atoms with van der Waals surface area (Å²) in [4.78, 5) is 32.9. The van der Waals surface area contributed by atoms with Gasteiger partial charge in [0.1, 0.15) is 10.7 Å². The van der Waals surface area contributed by atoms with Crippen LogP contribution in [0.2, 0.25) is 0 Å². The number of methoxy groups -OCH3 is 3. The van der Waals surface area contributed by atoms with Crippen molar-refractivity contribution in [1.82, 2.24) is 9.97 Å². The molecular weight excluding hydrogens is 370 g/mol. The van der Waals surface area contributed by atoms with Crippen molar-refractivity contribution >= 4 is 33.1 Å². The number of aryl methyl sites for hydroxylation is 2. The summed E-state index contributed by atoms with van der Waals surface area (Å²) in [6.45, 7) is 3.43. The highest BCUT2D eigenvalue weighted by atomic mass is 32.1. The minimum atomic E-state index is -0.346. The van der Waals surface area contributed by atoms with Crippen molar-refractivity contribution in [3.8, 4) is 17.2 Å². The molecule has 0 aliphatic carbocycles. The van der Waals surface area contributed by atoms with Crippen LogP contribution in [0, 0.1) is 13.8 Å². The first-order valence-corrected chi connectivity index (χ1v) is 8.82. The van der Waals surface area contributed by atoms with Crippen LogP contribution < -0.4 is 25.1 Å². The summed E-state index contributed by atoms with van der Waals surface area (Å²) in [5, 5.41) is 3.24. The van der Waals surface area contributed by atoms with Gasteiger partial charge in [-0.15, -0.1) is 11.3 Å². The van der Waals surface area contributed by atoms with E-state index in [0.29, 0.717) is 49.4 Å². The summed E-state index contributed by atoms with van der Waals surface area (Å²) in [6.07, 6.45) is 0. The van der Waals surface area contributed by atoms with Gasteiger partial charge in [0.15, 0.2) is 11.5 Å². The number of fused-ring (bicyclic) bond motifs is 1. The van der Waals surface area contributed by atoms with E-state index in [9.17, 15) is 9.59 Å². The van der Waals surface area contributed by atoms with Crippen LogP contribution in [-0.4, -0.2) is 37.2 Å². The Balaban J connectivity index is 2.01. The molecule has 2 N–H and O–H groups in total. The molecule has 8 nitrogen and oxygen atoms in total. The number of H-pyrrole nitrogens is 1. The Hall–Kier alpha value is -3.07. The average molecular weight is 389 g/mol. The lowest BCUT2D eigenvalue weighted by molar-refractivity contribution is 0.103. The number of aromatic nitrogens is 2. The first kappa shape index (κ1) is 18.7. The Labute approximate surface area is 159 Å². The van der Waals surface area contributed by atoms with Crippen molar-refractivity contribution in [3.05, 3.63) is 38.8 Å². The molecule has 0 aliphatic rings. The third-order valence-corrected chi connectivity index (χ3v) is 5.23. The minimum absolute atomic E-state index is 0.252. The van der Waals surface area contributed by atoms with Crippen LogP contribution in [0.4, 0.5) is 5.69 Å². The van der Waals surface area contributed by atoms with Crippen LogP contribution in [0.1, 0.15) is 21.1 Å². The topological polar surface area (TPSA) is 103 Å². The predicted octanol–water partition coefficient (Wildman–Crippen LogP) is 2.88. The third-order valence-electron chi connectivity index (χ3n) is 4.05. The maximum absolute atomic E-state index is 12.8. The fraction of sp³-hybridized carbons (Fsp3) is 0.278. The highest BCUT2D eigenvalue weighted by Gasteiger charge is 2.20. The van der Waals surface area contributed by atoms with Crippen LogP contribution in [0.3, 0.4) is 0 Å². The van der Waals surface area contributed by atoms with Gasteiger partial charge in [-0.25, -0.2) is 4.98 Å². The van der Waals surface area contributed by atoms with E-state index in [1.54, 1.807) is 26.0 Å². The number of nitrogens with zero attached hydrogens (tertiary/aromatic N) is 1. The molecule has 2 heterocycles. The van der Waals surface area contributed by atoms with Gasteiger partial charge in [0, 0.05) is 17.8 Å². The normalized spacial score (nSPS) is 10.7. The summed E-state index contributed by atoms with van der Waals surface area (Å²) in [5.41, 5.74) is 0.816. The molecule has 0 saturated carbocycles. The smallest absolute Gasteiger partial charge is 0.266 e. The summed E-state index contributed by atoms with van der Waals surface area (Å²) in [7, 11) is 4.50. The van der Waals surface area contributed by atoms with Gasteiger partial charge in [-0.05, 0) is 19.4 Å². The van der Waals surface area contributed by atoms with Gasteiger partial charge >= 0.3 is 0 Å². The highest BCUT2D eigenvalue weighted by Crippen LogP contribution is 2.40. The number of carbonyl (C=O) groups excluding carboxylic acids is 1. The largest absolute Gasteiger partial charge is 0.493 e. The molecule has 0 bridgehead atoms. The molecule has 0 unspecified atom stereocenters. The van der Waals surface area contributed by atoms with Crippen molar-refractivity contribution in [3.63, 3.8) is 0 Å². The fourth-order valence-electron chi connectivity index (χ4n) is 2.81. The van der Waals surface area contributed by atoms with Gasteiger partial charge < -0.3 is 24.5 Å². The molecule has 1 amide bonds. The molecule has 0 fully saturated rings. The Morgan fingerprint density at radius 2 is 1.74 bits per heavy atom. The molecule has 0 aliphatic heterocycles. The molecule has 0 spiro atoms. The van der Waals surface area contributed by atoms with Gasteiger partial charge in [0.25, 0.3) is 11.5 Å². The van der Waals surface area contributed by atoms with Crippen LogP contribution in [0.15, 0.2) is 16.9 Å². The average Bonchev–Trinajstić information content (AvgIpc) is 2.97. The minimum Gasteiger partial charge on any atom is -0.493 e. The van der Waals surface area contributed by atoms with E-state index in [0.717, 1.165) is 0 Å². The van der Waals surface area contributed by atoms with Crippen molar-refractivity contribution in [2.45, 2.75) is 13.8 Å². The van der Waals surface area contributed by atoms with Crippen molar-refractivity contribution in [2.75, 3.05) is 26.6 Å². The predicted molar refractivity (Wildman–Crippen MR) is 104 cm³/mol. The second kappa shape index (κ2) is 7.28. The van der Waals surface area contributed by atoms with Gasteiger partial charge in [-0.2, -0.15) is 0 Å². The Morgan fingerprint density at radius 1 is 1.11 bits per heavy atom. The number of thiophene rings is 1. The number of nitrogens with one attached hydrogen (secondary N) is 2. The van der Waals surface area contributed by atoms with E-state index in [1.165, 1.54) is 32.7 Å². The van der Waals surface area contributed by atoms with Gasteiger partial charge in [-0.1, -0.05) is 0 Å². The molecular formula is C18H19N3O5S. The van der Waals surface area contributed by atoms with Crippen LogP contribution >= 0.6 is 11.3 Å². The standard InChI is InChI=1S/C18H19N3O5S/c1-8-13-16(22)19-9(2)20-18(13)27-15(8)17(23)21-10-6-11(24-3)14(26-5)12(7-10)25-4/h6-7H,1-5H3,(H,21,23)(H,19,20,22). The summed E-state index contributed by atoms with van der Waals surface area (Å²) in [6, 6.07) is 3.27. The van der Waals surface area contributed by atoms with E-state index in [1.807, 2.05) is 0 Å². The first-order chi connectivity index (χ1) is 12.9. The monoisotopic (exact) mass is 389 g/mol. The van der Waals surface area contributed by atoms with Crippen molar-refractivity contribution < 1.29 is 19.0 Å². The maximum atomic E-state index is 12.8. The van der Waals surface area contributed by atoms with Crippen LogP contribution in [-0.2, 0) is 0 Å². The number of ether oxygens (including phenoxy) is 3. The van der Waals surface area contributed by atoms with E-state index in [-0.39, 0.29) is 11.5 Å². The number of anilines is 1. The molecule has 1 aromatic carbocycles. The number of benzene rings is 1. The number of aromatic amines is 1. The Kier molecular flexibility index (Phi) is 5.04. The SMILES string of the molecule is COc1cc(NC(=O)c2sc3nc(C)[nH]c(=O)c3c2C)cc(OC)c1OC. The van der Waals surface area contributed by atoms with Crippen LogP contribution in [0.25, 0.3) is 10.2 Å². The van der Waals surface area contributed by atoms with Gasteiger partial charge in [0.2, 0.25) is 5.75 Å². The zero-order valence-corrected chi connectivity index (χ0v) is 16.4. The maximum Gasteiger partial charge on any atom is 0.266 e. The molecule has 27 heavy (non-hydrogen) atoms.